The van der Waals surface area contributed by atoms with Crippen LogP contribution in [-0.2, 0) is 11.8 Å². The number of thiophene rings is 1. The number of aromatic nitrogens is 2. The van der Waals surface area contributed by atoms with Gasteiger partial charge in [-0.05, 0) is 25.1 Å². The maximum Gasteiger partial charge on any atom is 0.414 e. The molecule has 0 aliphatic carbocycles. The highest BCUT2D eigenvalue weighted by molar-refractivity contribution is 7.14. The summed E-state index contributed by atoms with van der Waals surface area (Å²) in [6.07, 6.45) is -0.404. The number of cyclic esters (lactones) is 1. The molecule has 140 valence electrons. The minimum atomic E-state index is -0.404. The van der Waals surface area contributed by atoms with Crippen molar-refractivity contribution in [3.05, 3.63) is 34.0 Å². The Kier molecular flexibility index (Phi) is 4.23. The van der Waals surface area contributed by atoms with Crippen molar-refractivity contribution >= 4 is 45.7 Å². The van der Waals surface area contributed by atoms with Crippen molar-refractivity contribution < 1.29 is 19.1 Å². The normalized spacial score (nSPS) is 13.9. The van der Waals surface area contributed by atoms with Crippen molar-refractivity contribution in [2.75, 3.05) is 30.5 Å². The molecule has 9 heteroatoms. The maximum absolute atomic E-state index is 12.8. The van der Waals surface area contributed by atoms with E-state index in [0.29, 0.717) is 40.7 Å². The SMILES string of the molecule is COc1cc(C)sc1C(=O)Nc1nn(C)c2cccc(N3CCOC3=O)c12. The van der Waals surface area contributed by atoms with Gasteiger partial charge in [-0.2, -0.15) is 5.10 Å². The molecule has 1 aliphatic heterocycles. The van der Waals surface area contributed by atoms with Crippen LogP contribution >= 0.6 is 11.3 Å². The quantitative estimate of drug-likeness (QED) is 0.744. The van der Waals surface area contributed by atoms with Crippen LogP contribution in [0.4, 0.5) is 16.3 Å². The van der Waals surface area contributed by atoms with Gasteiger partial charge in [0, 0.05) is 11.9 Å². The first kappa shape index (κ1) is 17.3. The Hall–Kier alpha value is -3.07. The molecule has 2 aromatic heterocycles. The number of carbonyl (C=O) groups is 2. The predicted molar refractivity (Wildman–Crippen MR) is 103 cm³/mol. The average Bonchev–Trinajstić information content (AvgIpc) is 3.33. The fourth-order valence-electron chi connectivity index (χ4n) is 3.18. The number of rotatable bonds is 4. The van der Waals surface area contributed by atoms with Crippen LogP contribution < -0.4 is 15.0 Å². The molecule has 0 atom stereocenters. The van der Waals surface area contributed by atoms with Gasteiger partial charge in [-0.3, -0.25) is 14.4 Å². The summed E-state index contributed by atoms with van der Waals surface area (Å²) in [7, 11) is 3.32. The lowest BCUT2D eigenvalue weighted by molar-refractivity contribution is 0.102. The first-order valence-corrected chi connectivity index (χ1v) is 9.17. The highest BCUT2D eigenvalue weighted by atomic mass is 32.1. The van der Waals surface area contributed by atoms with E-state index >= 15 is 0 Å². The van der Waals surface area contributed by atoms with Gasteiger partial charge in [0.05, 0.1) is 30.2 Å². The number of ether oxygens (including phenoxy) is 2. The molecule has 8 nitrogen and oxygen atoms in total. The van der Waals surface area contributed by atoms with Crippen LogP contribution in [0.3, 0.4) is 0 Å². The standard InChI is InChI=1S/C18H18N4O4S/c1-10-9-13(25-3)15(27-10)17(23)19-16-14-11(21(2)20-16)5-4-6-12(14)22-7-8-26-18(22)24/h4-6,9H,7-8H2,1-3H3,(H,19,20,23). The summed E-state index contributed by atoms with van der Waals surface area (Å²) in [5.74, 6) is 0.614. The van der Waals surface area contributed by atoms with E-state index in [2.05, 4.69) is 10.4 Å². The molecular weight excluding hydrogens is 368 g/mol. The predicted octanol–water partition coefficient (Wildman–Crippen LogP) is 3.16. The molecule has 0 unspecified atom stereocenters. The van der Waals surface area contributed by atoms with E-state index < -0.39 is 6.09 Å². The minimum absolute atomic E-state index is 0.302. The number of aryl methyl sites for hydroxylation is 2. The largest absolute Gasteiger partial charge is 0.495 e. The molecule has 0 spiro atoms. The summed E-state index contributed by atoms with van der Waals surface area (Å²) in [4.78, 5) is 27.9. The maximum atomic E-state index is 12.8. The van der Waals surface area contributed by atoms with Crippen molar-refractivity contribution in [1.82, 2.24) is 9.78 Å². The number of nitrogens with zero attached hydrogens (tertiary/aromatic N) is 3. The monoisotopic (exact) mass is 386 g/mol. The molecule has 4 rings (SSSR count). The molecule has 0 saturated carbocycles. The van der Waals surface area contributed by atoms with Gasteiger partial charge >= 0.3 is 6.09 Å². The van der Waals surface area contributed by atoms with Crippen LogP contribution in [0.2, 0.25) is 0 Å². The van der Waals surface area contributed by atoms with E-state index in [1.807, 2.05) is 31.2 Å². The molecule has 1 fully saturated rings. The topological polar surface area (TPSA) is 85.7 Å². The second-order valence-corrected chi connectivity index (χ2v) is 7.37. The van der Waals surface area contributed by atoms with Crippen LogP contribution in [0.5, 0.6) is 5.75 Å². The lowest BCUT2D eigenvalue weighted by atomic mass is 10.2. The van der Waals surface area contributed by atoms with E-state index in [1.54, 1.807) is 16.6 Å². The molecule has 1 aromatic carbocycles. The molecule has 1 saturated heterocycles. The average molecular weight is 386 g/mol. The van der Waals surface area contributed by atoms with Crippen LogP contribution in [0, 0.1) is 6.92 Å². The third-order valence-electron chi connectivity index (χ3n) is 4.39. The highest BCUT2D eigenvalue weighted by Gasteiger charge is 2.28. The Labute approximate surface area is 159 Å². The van der Waals surface area contributed by atoms with Crippen molar-refractivity contribution in [3.8, 4) is 5.75 Å². The molecule has 1 N–H and O–H groups in total. The summed E-state index contributed by atoms with van der Waals surface area (Å²) >= 11 is 1.35. The number of fused-ring (bicyclic) bond motifs is 1. The Balaban J connectivity index is 1.78. The number of carbonyl (C=O) groups excluding carboxylic acids is 2. The third-order valence-corrected chi connectivity index (χ3v) is 5.42. The van der Waals surface area contributed by atoms with E-state index in [0.717, 1.165) is 10.4 Å². The fourth-order valence-corrected chi connectivity index (χ4v) is 4.06. The summed E-state index contributed by atoms with van der Waals surface area (Å²) < 4.78 is 12.0. The van der Waals surface area contributed by atoms with E-state index in [4.69, 9.17) is 9.47 Å². The van der Waals surface area contributed by atoms with Crippen molar-refractivity contribution in [2.45, 2.75) is 6.92 Å². The Morgan fingerprint density at radius 2 is 2.22 bits per heavy atom. The van der Waals surface area contributed by atoms with Crippen LogP contribution in [0.15, 0.2) is 24.3 Å². The number of nitrogens with one attached hydrogen (secondary N) is 1. The molecule has 3 heterocycles. The van der Waals surface area contributed by atoms with Crippen molar-refractivity contribution in [1.29, 1.82) is 0 Å². The smallest absolute Gasteiger partial charge is 0.414 e. The second kappa shape index (κ2) is 6.58. The van der Waals surface area contributed by atoms with Gasteiger partial charge < -0.3 is 14.8 Å². The number of hydrogen-bond donors (Lipinski definition) is 1. The van der Waals surface area contributed by atoms with Crippen LogP contribution in [0.25, 0.3) is 10.9 Å². The van der Waals surface area contributed by atoms with Crippen LogP contribution in [0.1, 0.15) is 14.5 Å². The van der Waals surface area contributed by atoms with Gasteiger partial charge in [-0.15, -0.1) is 11.3 Å². The summed E-state index contributed by atoms with van der Waals surface area (Å²) in [6, 6.07) is 7.38. The lowest BCUT2D eigenvalue weighted by Gasteiger charge is -2.14. The van der Waals surface area contributed by atoms with E-state index in [9.17, 15) is 9.59 Å². The number of hydrogen-bond acceptors (Lipinski definition) is 6. The second-order valence-electron chi connectivity index (χ2n) is 6.12. The molecule has 0 bridgehead atoms. The van der Waals surface area contributed by atoms with Gasteiger partial charge in [-0.1, -0.05) is 6.07 Å². The first-order chi connectivity index (χ1) is 13.0. The zero-order valence-electron chi connectivity index (χ0n) is 15.1. The molecule has 27 heavy (non-hydrogen) atoms. The zero-order valence-corrected chi connectivity index (χ0v) is 15.9. The molecule has 0 radical (unpaired) electrons. The van der Waals surface area contributed by atoms with Gasteiger partial charge in [0.15, 0.2) is 5.82 Å². The van der Waals surface area contributed by atoms with Crippen LogP contribution in [-0.4, -0.2) is 42.0 Å². The number of methoxy groups -OCH3 is 1. The Morgan fingerprint density at radius 3 is 2.93 bits per heavy atom. The van der Waals surface area contributed by atoms with Crippen molar-refractivity contribution in [2.24, 2.45) is 7.05 Å². The van der Waals surface area contributed by atoms with Gasteiger partial charge in [0.1, 0.15) is 17.2 Å². The van der Waals surface area contributed by atoms with E-state index in [1.165, 1.54) is 18.4 Å². The number of amides is 2. The Morgan fingerprint density at radius 1 is 1.41 bits per heavy atom. The zero-order chi connectivity index (χ0) is 19.1. The first-order valence-electron chi connectivity index (χ1n) is 8.35. The molecule has 2 amide bonds. The van der Waals surface area contributed by atoms with Gasteiger partial charge in [0.2, 0.25) is 0 Å². The number of benzene rings is 1. The summed E-state index contributed by atoms with van der Waals surface area (Å²) in [5, 5.41) is 8.01. The summed E-state index contributed by atoms with van der Waals surface area (Å²) in [6.45, 7) is 2.71. The fraction of sp³-hybridized carbons (Fsp3) is 0.278. The molecule has 3 aromatic rings. The Bertz CT molecular complexity index is 1060. The molecular formula is C18H18N4O4S. The lowest BCUT2D eigenvalue weighted by Crippen LogP contribution is -2.23. The highest BCUT2D eigenvalue weighted by Crippen LogP contribution is 2.35. The van der Waals surface area contributed by atoms with Crippen molar-refractivity contribution in [3.63, 3.8) is 0 Å². The molecule has 1 aliphatic rings. The minimum Gasteiger partial charge on any atom is -0.495 e. The van der Waals surface area contributed by atoms with Gasteiger partial charge in [-0.25, -0.2) is 4.79 Å². The third kappa shape index (κ3) is 2.89. The van der Waals surface area contributed by atoms with E-state index in [-0.39, 0.29) is 5.91 Å². The van der Waals surface area contributed by atoms with Gasteiger partial charge in [0.25, 0.3) is 5.91 Å². The summed E-state index contributed by atoms with van der Waals surface area (Å²) in [5.41, 5.74) is 1.46. The number of anilines is 2.